The summed E-state index contributed by atoms with van der Waals surface area (Å²) in [5, 5.41) is 1.80. The molecule has 0 aromatic carbocycles. The SMILES string of the molecule is C=C.[CH2-][NH2+]CCOCCOCC=O. The van der Waals surface area contributed by atoms with Gasteiger partial charge in [-0.15, -0.1) is 13.2 Å². The molecule has 0 spiro atoms. The van der Waals surface area contributed by atoms with Crippen LogP contribution in [0.2, 0.25) is 0 Å². The number of rotatable bonds is 8. The molecule has 0 radical (unpaired) electrons. The van der Waals surface area contributed by atoms with Gasteiger partial charge < -0.3 is 19.6 Å². The van der Waals surface area contributed by atoms with Gasteiger partial charge >= 0.3 is 0 Å². The van der Waals surface area contributed by atoms with Gasteiger partial charge in [0.25, 0.3) is 0 Å². The van der Waals surface area contributed by atoms with Crippen molar-refractivity contribution in [3.63, 3.8) is 0 Å². The highest BCUT2D eigenvalue weighted by Crippen LogP contribution is 1.74. The number of carbonyl (C=O) groups excluding carboxylic acids is 1. The van der Waals surface area contributed by atoms with E-state index in [1.54, 1.807) is 5.32 Å². The second-order valence-electron chi connectivity index (χ2n) is 1.93. The lowest BCUT2D eigenvalue weighted by Gasteiger charge is -2.02. The van der Waals surface area contributed by atoms with Crippen LogP contribution in [0, 0.1) is 7.05 Å². The van der Waals surface area contributed by atoms with E-state index < -0.39 is 0 Å². The molecule has 0 fully saturated rings. The second-order valence-corrected chi connectivity index (χ2v) is 1.93. The highest BCUT2D eigenvalue weighted by molar-refractivity contribution is 5.50. The molecule has 0 atom stereocenters. The Morgan fingerprint density at radius 1 is 1.23 bits per heavy atom. The van der Waals surface area contributed by atoms with Gasteiger partial charge in [0.15, 0.2) is 0 Å². The normalized spacial score (nSPS) is 8.69. The molecule has 0 aliphatic carbocycles. The third kappa shape index (κ3) is 18.3. The zero-order chi connectivity index (χ0) is 10.4. The molecule has 0 saturated carbocycles. The fourth-order valence-corrected chi connectivity index (χ4v) is 0.518. The summed E-state index contributed by atoms with van der Waals surface area (Å²) in [6, 6.07) is 0. The first-order valence-corrected chi connectivity index (χ1v) is 4.12. The van der Waals surface area contributed by atoms with Crippen LogP contribution in [0.3, 0.4) is 0 Å². The van der Waals surface area contributed by atoms with E-state index in [0.717, 1.165) is 12.8 Å². The van der Waals surface area contributed by atoms with Crippen LogP contribution in [-0.4, -0.2) is 39.3 Å². The Kier molecular flexibility index (Phi) is 19.8. The second kappa shape index (κ2) is 17.4. The lowest BCUT2D eigenvalue weighted by atomic mass is 10.7. The van der Waals surface area contributed by atoms with Crippen molar-refractivity contribution in [1.29, 1.82) is 0 Å². The minimum absolute atomic E-state index is 0.158. The zero-order valence-electron chi connectivity index (χ0n) is 8.04. The monoisotopic (exact) mass is 189 g/mol. The van der Waals surface area contributed by atoms with E-state index in [2.05, 4.69) is 20.2 Å². The predicted molar refractivity (Wildman–Crippen MR) is 51.1 cm³/mol. The Morgan fingerprint density at radius 2 is 1.85 bits per heavy atom. The Morgan fingerprint density at radius 3 is 2.38 bits per heavy atom. The standard InChI is InChI=1S/C7H15NO3.C2H4/c1-8-2-4-10-6-7-11-5-3-9;1-2/h3H,1-2,4-8H2;1-2H2. The fraction of sp³-hybridized carbons (Fsp3) is 0.556. The molecular weight excluding hydrogens is 170 g/mol. The van der Waals surface area contributed by atoms with E-state index in [0.29, 0.717) is 19.8 Å². The molecule has 0 amide bonds. The maximum absolute atomic E-state index is 9.76. The summed E-state index contributed by atoms with van der Waals surface area (Å²) >= 11 is 0. The van der Waals surface area contributed by atoms with Crippen molar-refractivity contribution in [3.05, 3.63) is 20.2 Å². The van der Waals surface area contributed by atoms with E-state index in [4.69, 9.17) is 9.47 Å². The highest BCUT2D eigenvalue weighted by atomic mass is 16.5. The molecule has 0 aromatic rings. The summed E-state index contributed by atoms with van der Waals surface area (Å²) < 4.78 is 9.95. The van der Waals surface area contributed by atoms with Crippen LogP contribution < -0.4 is 5.32 Å². The maximum Gasteiger partial charge on any atom is 0.145 e. The van der Waals surface area contributed by atoms with Gasteiger partial charge in [0.1, 0.15) is 12.9 Å². The van der Waals surface area contributed by atoms with Crippen LogP contribution >= 0.6 is 0 Å². The molecule has 78 valence electrons. The van der Waals surface area contributed by atoms with Gasteiger partial charge in [-0.05, 0) is 0 Å². The molecule has 0 bridgehead atoms. The minimum atomic E-state index is 0.158. The Hall–Kier alpha value is -0.710. The molecule has 4 heteroatoms. The number of ether oxygens (including phenoxy) is 2. The third-order valence-corrected chi connectivity index (χ3v) is 1.02. The van der Waals surface area contributed by atoms with Crippen molar-refractivity contribution in [1.82, 2.24) is 0 Å². The van der Waals surface area contributed by atoms with Gasteiger partial charge in [0.05, 0.1) is 26.4 Å². The van der Waals surface area contributed by atoms with Gasteiger partial charge in [-0.25, -0.2) is 0 Å². The average Bonchev–Trinajstić information content (AvgIpc) is 2.20. The smallest absolute Gasteiger partial charge is 0.145 e. The third-order valence-electron chi connectivity index (χ3n) is 1.02. The van der Waals surface area contributed by atoms with E-state index in [1.807, 2.05) is 0 Å². The summed E-state index contributed by atoms with van der Waals surface area (Å²) in [5.41, 5.74) is 0. The summed E-state index contributed by atoms with van der Waals surface area (Å²) in [5.74, 6) is 0. The lowest BCUT2D eigenvalue weighted by Crippen LogP contribution is -2.78. The fourth-order valence-electron chi connectivity index (χ4n) is 0.518. The van der Waals surface area contributed by atoms with Crippen LogP contribution in [0.15, 0.2) is 13.2 Å². The van der Waals surface area contributed by atoms with E-state index >= 15 is 0 Å². The van der Waals surface area contributed by atoms with Gasteiger partial charge in [-0.2, -0.15) is 7.05 Å². The quantitative estimate of drug-likeness (QED) is 0.239. The van der Waals surface area contributed by atoms with Crippen LogP contribution in [0.4, 0.5) is 0 Å². The first-order valence-electron chi connectivity index (χ1n) is 4.12. The summed E-state index contributed by atoms with van der Waals surface area (Å²) in [7, 11) is 3.55. The summed E-state index contributed by atoms with van der Waals surface area (Å²) in [4.78, 5) is 9.76. The topological polar surface area (TPSA) is 52.1 Å². The largest absolute Gasteiger partial charge is 0.477 e. The predicted octanol–water partition coefficient (Wildman–Crippen LogP) is -0.624. The van der Waals surface area contributed by atoms with E-state index in [-0.39, 0.29) is 6.61 Å². The average molecular weight is 189 g/mol. The van der Waals surface area contributed by atoms with E-state index in [9.17, 15) is 4.79 Å². The summed E-state index contributed by atoms with van der Waals surface area (Å²) in [6.45, 7) is 8.71. The summed E-state index contributed by atoms with van der Waals surface area (Å²) in [6.07, 6.45) is 0.726. The van der Waals surface area contributed by atoms with Crippen molar-refractivity contribution in [2.45, 2.75) is 0 Å². The van der Waals surface area contributed by atoms with Gasteiger partial charge in [-0.1, -0.05) is 0 Å². The number of hydrogen-bond acceptors (Lipinski definition) is 3. The first kappa shape index (κ1) is 14.8. The van der Waals surface area contributed by atoms with Crippen LogP contribution in [0.25, 0.3) is 0 Å². The Balaban J connectivity index is 0. The molecule has 2 N–H and O–H groups in total. The number of aldehydes is 1. The number of carbonyl (C=O) groups is 1. The lowest BCUT2D eigenvalue weighted by molar-refractivity contribution is -0.597. The van der Waals surface area contributed by atoms with Crippen molar-refractivity contribution in [2.75, 3.05) is 33.0 Å². The molecule has 0 unspecified atom stereocenters. The van der Waals surface area contributed by atoms with Crippen LogP contribution in [-0.2, 0) is 14.3 Å². The Bertz CT molecular complexity index is 98.9. The van der Waals surface area contributed by atoms with Gasteiger partial charge in [0, 0.05) is 0 Å². The molecule has 0 aromatic heterocycles. The molecule has 0 rings (SSSR count). The molecule has 0 saturated heterocycles. The van der Waals surface area contributed by atoms with Crippen molar-refractivity contribution < 1.29 is 19.6 Å². The molecule has 0 heterocycles. The van der Waals surface area contributed by atoms with Crippen molar-refractivity contribution in [3.8, 4) is 0 Å². The minimum Gasteiger partial charge on any atom is -0.477 e. The van der Waals surface area contributed by atoms with Crippen molar-refractivity contribution in [2.24, 2.45) is 0 Å². The molecular formula is C9H19NO3. The van der Waals surface area contributed by atoms with Crippen LogP contribution in [0.5, 0.6) is 0 Å². The van der Waals surface area contributed by atoms with Crippen molar-refractivity contribution >= 4 is 6.29 Å². The van der Waals surface area contributed by atoms with E-state index in [1.165, 1.54) is 0 Å². The number of hydrogen-bond donors (Lipinski definition) is 1. The molecule has 4 nitrogen and oxygen atoms in total. The zero-order valence-corrected chi connectivity index (χ0v) is 8.04. The number of quaternary nitrogens is 1. The van der Waals surface area contributed by atoms with Gasteiger partial charge in [-0.3, -0.25) is 0 Å². The maximum atomic E-state index is 9.76. The first-order chi connectivity index (χ1) is 6.41. The molecule has 0 aliphatic heterocycles. The van der Waals surface area contributed by atoms with Gasteiger partial charge in [0.2, 0.25) is 0 Å². The molecule has 13 heavy (non-hydrogen) atoms. The molecule has 0 aliphatic rings. The number of nitrogens with two attached hydrogens (primary N) is 1. The highest BCUT2D eigenvalue weighted by Gasteiger charge is 1.87. The van der Waals surface area contributed by atoms with Crippen LogP contribution in [0.1, 0.15) is 0 Å². The Labute approximate surface area is 79.9 Å².